The number of rotatable bonds is 4. The molecule has 5 heteroatoms. The molecule has 0 radical (unpaired) electrons. The van der Waals surface area contributed by atoms with Crippen LogP contribution in [0.1, 0.15) is 103 Å². The number of anilines is 6. The maximum Gasteiger partial charge on any atom is 0.258 e. The second kappa shape index (κ2) is 12.1. The Labute approximate surface area is 333 Å². The minimum Gasteiger partial charge on any atom is -0.440 e. The SMILES string of the molecule is CC1(C)CCC(C)(C)c2cc(N3c4cc5c(cc4B4c6ccccc6Oc6nc(N(c7ccccc7)c7ccccc7)cc3c64)C(C)(C)CCC5(C)C)ccc21. The molecular weight excluding hydrogens is 681 g/mol. The molecule has 280 valence electrons. The summed E-state index contributed by atoms with van der Waals surface area (Å²) in [6.45, 7) is 19.4. The number of hydrogen-bond acceptors (Lipinski definition) is 4. The molecule has 0 fully saturated rings. The predicted octanol–water partition coefficient (Wildman–Crippen LogP) is 11.7. The first-order chi connectivity index (χ1) is 26.7. The molecule has 6 aromatic rings. The number of para-hydroxylation sites is 3. The van der Waals surface area contributed by atoms with Crippen LogP contribution in [0.4, 0.5) is 34.3 Å². The Morgan fingerprint density at radius 2 is 1.07 bits per heavy atom. The highest BCUT2D eigenvalue weighted by Crippen LogP contribution is 2.52. The van der Waals surface area contributed by atoms with Gasteiger partial charge < -0.3 is 9.64 Å². The zero-order valence-corrected chi connectivity index (χ0v) is 34.2. The number of benzene rings is 5. The highest BCUT2D eigenvalue weighted by Gasteiger charge is 2.47. The Kier molecular flexibility index (Phi) is 7.60. The van der Waals surface area contributed by atoms with Crippen molar-refractivity contribution in [1.82, 2.24) is 4.98 Å². The molecule has 0 atom stereocenters. The van der Waals surface area contributed by atoms with Gasteiger partial charge >= 0.3 is 0 Å². The third-order valence-electron chi connectivity index (χ3n) is 13.9. The molecule has 0 unspecified atom stereocenters. The first kappa shape index (κ1) is 35.2. The Morgan fingerprint density at radius 3 is 1.70 bits per heavy atom. The van der Waals surface area contributed by atoms with Crippen molar-refractivity contribution in [3.05, 3.63) is 144 Å². The van der Waals surface area contributed by atoms with E-state index in [1.807, 2.05) is 0 Å². The average molecular weight is 734 g/mol. The first-order valence-electron chi connectivity index (χ1n) is 20.6. The van der Waals surface area contributed by atoms with Crippen LogP contribution in [0.25, 0.3) is 0 Å². The molecule has 5 aromatic carbocycles. The van der Waals surface area contributed by atoms with E-state index in [2.05, 4.69) is 187 Å². The van der Waals surface area contributed by atoms with Gasteiger partial charge in [0.05, 0.1) is 5.69 Å². The van der Waals surface area contributed by atoms with E-state index in [0.29, 0.717) is 5.88 Å². The maximum absolute atomic E-state index is 6.96. The zero-order chi connectivity index (χ0) is 38.8. The van der Waals surface area contributed by atoms with Crippen LogP contribution < -0.4 is 30.9 Å². The minimum atomic E-state index is -0.0289. The molecule has 0 spiro atoms. The van der Waals surface area contributed by atoms with Crippen molar-refractivity contribution >= 4 is 57.4 Å². The molecule has 0 saturated carbocycles. The number of nitrogens with zero attached hydrogens (tertiary/aromatic N) is 3. The van der Waals surface area contributed by atoms with Gasteiger partial charge in [-0.3, -0.25) is 4.90 Å². The fourth-order valence-corrected chi connectivity index (χ4v) is 10.3. The van der Waals surface area contributed by atoms with E-state index in [-0.39, 0.29) is 28.4 Å². The summed E-state index contributed by atoms with van der Waals surface area (Å²) >= 11 is 0. The summed E-state index contributed by atoms with van der Waals surface area (Å²) in [5.41, 5.74) is 15.5. The van der Waals surface area contributed by atoms with Gasteiger partial charge in [0.1, 0.15) is 11.6 Å². The molecule has 2 aliphatic carbocycles. The van der Waals surface area contributed by atoms with Crippen molar-refractivity contribution in [2.24, 2.45) is 0 Å². The van der Waals surface area contributed by atoms with Crippen LogP contribution in [0.2, 0.25) is 0 Å². The van der Waals surface area contributed by atoms with Gasteiger partial charge in [-0.15, -0.1) is 0 Å². The largest absolute Gasteiger partial charge is 0.440 e. The van der Waals surface area contributed by atoms with E-state index in [0.717, 1.165) is 53.4 Å². The van der Waals surface area contributed by atoms with Gasteiger partial charge in [-0.1, -0.05) is 122 Å². The van der Waals surface area contributed by atoms with Crippen LogP contribution in [0.15, 0.2) is 121 Å². The number of aromatic nitrogens is 1. The van der Waals surface area contributed by atoms with Gasteiger partial charge in [-0.25, -0.2) is 0 Å². The third kappa shape index (κ3) is 5.30. The molecule has 1 aromatic heterocycles. The van der Waals surface area contributed by atoms with Crippen molar-refractivity contribution < 1.29 is 4.74 Å². The Bertz CT molecular complexity index is 2500. The molecule has 10 rings (SSSR count). The molecule has 2 aliphatic heterocycles. The van der Waals surface area contributed by atoms with Crippen molar-refractivity contribution in [3.8, 4) is 11.6 Å². The third-order valence-corrected chi connectivity index (χ3v) is 13.9. The van der Waals surface area contributed by atoms with Crippen LogP contribution in [-0.2, 0) is 21.7 Å². The Hall–Kier alpha value is -5.29. The van der Waals surface area contributed by atoms with Crippen LogP contribution in [0.3, 0.4) is 0 Å². The number of fused-ring (bicyclic) bond motifs is 6. The van der Waals surface area contributed by atoms with Gasteiger partial charge in [0.2, 0.25) is 5.88 Å². The lowest BCUT2D eigenvalue weighted by atomic mass is 9.34. The van der Waals surface area contributed by atoms with E-state index < -0.39 is 0 Å². The molecule has 0 amide bonds. The van der Waals surface area contributed by atoms with Crippen LogP contribution in [0, 0.1) is 0 Å². The molecule has 4 aliphatic rings. The fraction of sp³-hybridized carbons (Fsp3) is 0.314. The van der Waals surface area contributed by atoms with Gasteiger partial charge in [0, 0.05) is 34.3 Å². The summed E-state index contributed by atoms with van der Waals surface area (Å²) in [7, 11) is 0. The topological polar surface area (TPSA) is 28.6 Å². The molecule has 56 heavy (non-hydrogen) atoms. The highest BCUT2D eigenvalue weighted by molar-refractivity contribution is 6.99. The van der Waals surface area contributed by atoms with E-state index in [1.165, 1.54) is 51.0 Å². The average Bonchev–Trinajstić information content (AvgIpc) is 3.19. The Morgan fingerprint density at radius 1 is 0.536 bits per heavy atom. The van der Waals surface area contributed by atoms with Gasteiger partial charge in [0.25, 0.3) is 6.71 Å². The highest BCUT2D eigenvalue weighted by atomic mass is 16.5. The molecule has 0 bridgehead atoms. The smallest absolute Gasteiger partial charge is 0.258 e. The fourth-order valence-electron chi connectivity index (χ4n) is 10.3. The van der Waals surface area contributed by atoms with E-state index in [4.69, 9.17) is 9.72 Å². The lowest BCUT2D eigenvalue weighted by Crippen LogP contribution is -2.60. The second-order valence-corrected chi connectivity index (χ2v) is 19.4. The van der Waals surface area contributed by atoms with Gasteiger partial charge in [0.15, 0.2) is 0 Å². The summed E-state index contributed by atoms with van der Waals surface area (Å²) in [5.74, 6) is 2.37. The summed E-state index contributed by atoms with van der Waals surface area (Å²) in [6.07, 6.45) is 4.67. The van der Waals surface area contributed by atoms with E-state index in [1.54, 1.807) is 0 Å². The molecular formula is C51H52BN3O. The quantitative estimate of drug-likeness (QED) is 0.168. The van der Waals surface area contributed by atoms with Crippen molar-refractivity contribution in [3.63, 3.8) is 0 Å². The van der Waals surface area contributed by atoms with Gasteiger partial charge in [-0.2, -0.15) is 4.98 Å². The number of hydrogen-bond donors (Lipinski definition) is 0. The minimum absolute atomic E-state index is 0.0289. The Balaban J connectivity index is 1.31. The van der Waals surface area contributed by atoms with Crippen molar-refractivity contribution in [2.45, 2.75) is 103 Å². The summed E-state index contributed by atoms with van der Waals surface area (Å²) in [5, 5.41) is 0. The van der Waals surface area contributed by atoms with Gasteiger partial charge in [-0.05, 0) is 129 Å². The van der Waals surface area contributed by atoms with Crippen molar-refractivity contribution in [2.75, 3.05) is 9.80 Å². The van der Waals surface area contributed by atoms with Crippen LogP contribution in [-0.4, -0.2) is 11.7 Å². The second-order valence-electron chi connectivity index (χ2n) is 19.4. The summed E-state index contributed by atoms with van der Waals surface area (Å²) in [6, 6.07) is 44.6. The van der Waals surface area contributed by atoms with Crippen molar-refractivity contribution in [1.29, 1.82) is 0 Å². The van der Waals surface area contributed by atoms with E-state index in [9.17, 15) is 0 Å². The van der Waals surface area contributed by atoms with E-state index >= 15 is 0 Å². The lowest BCUT2D eigenvalue weighted by Gasteiger charge is -2.46. The lowest BCUT2D eigenvalue weighted by molar-refractivity contribution is 0.332. The molecule has 0 saturated heterocycles. The standard InChI is InChI=1S/C51H52BN3O/c1-48(2)25-26-49(3,4)37-29-35(23-24-36(37)48)55-42-31-39-38(50(5,6)27-28-51(39,7)8)30-41(42)52-40-21-15-16-22-44(40)56-47-46(52)43(55)32-45(53-47)54(33-17-11-9-12-18-33)34-19-13-10-14-20-34/h9-24,29-32H,25-28H2,1-8H3. The zero-order valence-electron chi connectivity index (χ0n) is 34.2. The molecule has 3 heterocycles. The number of pyridine rings is 1. The predicted molar refractivity (Wildman–Crippen MR) is 235 cm³/mol. The number of ether oxygens (including phenoxy) is 1. The molecule has 4 nitrogen and oxygen atoms in total. The summed E-state index contributed by atoms with van der Waals surface area (Å²) < 4.78 is 6.96. The van der Waals surface area contributed by atoms with Crippen LogP contribution >= 0.6 is 0 Å². The molecule has 0 N–H and O–H groups in total. The maximum atomic E-state index is 6.96. The first-order valence-corrected chi connectivity index (χ1v) is 20.6. The normalized spacial score (nSPS) is 18.7. The van der Waals surface area contributed by atoms with Crippen LogP contribution in [0.5, 0.6) is 11.6 Å². The monoisotopic (exact) mass is 733 g/mol. The summed E-state index contributed by atoms with van der Waals surface area (Å²) in [4.78, 5) is 10.3.